The van der Waals surface area contributed by atoms with Gasteiger partial charge in [-0.15, -0.1) is 0 Å². The third-order valence-electron chi connectivity index (χ3n) is 3.79. The van der Waals surface area contributed by atoms with Gasteiger partial charge in [-0.25, -0.2) is 0 Å². The van der Waals surface area contributed by atoms with Crippen molar-refractivity contribution in [3.8, 4) is 0 Å². The second kappa shape index (κ2) is 14.1. The van der Waals surface area contributed by atoms with Gasteiger partial charge in [-0.3, -0.25) is 9.79 Å². The van der Waals surface area contributed by atoms with Gasteiger partial charge >= 0.3 is 0 Å². The van der Waals surface area contributed by atoms with Gasteiger partial charge in [0.25, 0.3) is 0 Å². The Morgan fingerprint density at radius 2 is 1.75 bits per heavy atom. The summed E-state index contributed by atoms with van der Waals surface area (Å²) in [6.07, 6.45) is 2.70. The van der Waals surface area contributed by atoms with Gasteiger partial charge in [0.1, 0.15) is 0 Å². The van der Waals surface area contributed by atoms with E-state index in [0.717, 1.165) is 38.6 Å². The minimum Gasteiger partial charge on any atom is -0.357 e. The highest BCUT2D eigenvalue weighted by Gasteiger charge is 2.07. The number of hydrogen-bond acceptors (Lipinski definition) is 3. The molecule has 0 saturated carbocycles. The van der Waals surface area contributed by atoms with E-state index in [1.165, 1.54) is 6.42 Å². The van der Waals surface area contributed by atoms with E-state index < -0.39 is 0 Å². The first-order valence-electron chi connectivity index (χ1n) is 9.49. The molecule has 0 aromatic rings. The van der Waals surface area contributed by atoms with Crippen LogP contribution in [0.2, 0.25) is 0 Å². The zero-order valence-electron chi connectivity index (χ0n) is 16.6. The van der Waals surface area contributed by atoms with Crippen molar-refractivity contribution in [1.82, 2.24) is 20.9 Å². The van der Waals surface area contributed by atoms with Gasteiger partial charge in [0.2, 0.25) is 5.91 Å². The number of nitrogens with zero attached hydrogens (tertiary/aromatic N) is 2. The molecule has 0 radical (unpaired) electrons. The minimum absolute atomic E-state index is 0.0527. The van der Waals surface area contributed by atoms with Crippen LogP contribution >= 0.6 is 0 Å². The molecule has 0 fully saturated rings. The summed E-state index contributed by atoms with van der Waals surface area (Å²) >= 11 is 0. The third-order valence-corrected chi connectivity index (χ3v) is 3.79. The van der Waals surface area contributed by atoms with Crippen molar-refractivity contribution in [1.29, 1.82) is 0 Å². The lowest BCUT2D eigenvalue weighted by molar-refractivity contribution is -0.121. The van der Waals surface area contributed by atoms with Crippen molar-refractivity contribution < 1.29 is 4.79 Å². The maximum Gasteiger partial charge on any atom is 0.222 e. The topological polar surface area (TPSA) is 68.8 Å². The fourth-order valence-corrected chi connectivity index (χ4v) is 2.45. The van der Waals surface area contributed by atoms with E-state index in [0.29, 0.717) is 19.0 Å². The highest BCUT2D eigenvalue weighted by Crippen LogP contribution is 1.99. The summed E-state index contributed by atoms with van der Waals surface area (Å²) in [5, 5.41) is 9.56. The average molecular weight is 342 g/mol. The minimum atomic E-state index is 0.0527. The molecule has 1 atom stereocenters. The van der Waals surface area contributed by atoms with Crippen LogP contribution in [0.1, 0.15) is 60.8 Å². The van der Waals surface area contributed by atoms with Crippen LogP contribution in [-0.2, 0) is 4.79 Å². The molecular formula is C18H39N5O. The highest BCUT2D eigenvalue weighted by molar-refractivity contribution is 5.81. The van der Waals surface area contributed by atoms with Crippen LogP contribution in [0.4, 0.5) is 0 Å². The van der Waals surface area contributed by atoms with Crippen molar-refractivity contribution in [3.63, 3.8) is 0 Å². The lowest BCUT2D eigenvalue weighted by atomic mass is 10.2. The molecule has 1 unspecified atom stereocenters. The molecular weight excluding hydrogens is 302 g/mol. The Bertz CT molecular complexity index is 353. The smallest absolute Gasteiger partial charge is 0.222 e. The number of carbonyl (C=O) groups is 1. The van der Waals surface area contributed by atoms with Crippen molar-refractivity contribution in [2.75, 3.05) is 32.7 Å². The number of amides is 1. The molecule has 0 aliphatic carbocycles. The molecule has 0 aliphatic heterocycles. The maximum atomic E-state index is 11.7. The molecule has 0 spiro atoms. The number of carbonyl (C=O) groups excluding carboxylic acids is 1. The predicted octanol–water partition coefficient (Wildman–Crippen LogP) is 1.97. The van der Waals surface area contributed by atoms with E-state index in [2.05, 4.69) is 46.6 Å². The van der Waals surface area contributed by atoms with Crippen LogP contribution in [0.15, 0.2) is 4.99 Å². The third kappa shape index (κ3) is 12.2. The summed E-state index contributed by atoms with van der Waals surface area (Å²) in [5.41, 5.74) is 0. The van der Waals surface area contributed by atoms with E-state index in [9.17, 15) is 4.79 Å². The number of aliphatic imine (C=N–C) groups is 1. The van der Waals surface area contributed by atoms with Crippen molar-refractivity contribution in [2.45, 2.75) is 72.9 Å². The molecule has 0 saturated heterocycles. The Morgan fingerprint density at radius 1 is 1.08 bits per heavy atom. The molecule has 3 N–H and O–H groups in total. The zero-order chi connectivity index (χ0) is 18.4. The standard InChI is InChI=1S/C18H39N5O/c1-7-19-18(20-13-12-17(24)21-15(4)5)22-16(6)11-10-14-23(8-2)9-3/h15-16H,7-14H2,1-6H3,(H,21,24)(H2,19,20,22). The summed E-state index contributed by atoms with van der Waals surface area (Å²) in [4.78, 5) is 18.6. The Hall–Kier alpha value is -1.30. The van der Waals surface area contributed by atoms with Crippen LogP contribution in [0.5, 0.6) is 0 Å². The second-order valence-electron chi connectivity index (χ2n) is 6.45. The van der Waals surface area contributed by atoms with Gasteiger partial charge in [0.15, 0.2) is 5.96 Å². The molecule has 1 amide bonds. The van der Waals surface area contributed by atoms with E-state index in [1.54, 1.807) is 0 Å². The molecule has 0 rings (SSSR count). The molecule has 6 heteroatoms. The van der Waals surface area contributed by atoms with Gasteiger partial charge in [-0.2, -0.15) is 0 Å². The summed E-state index contributed by atoms with van der Waals surface area (Å²) in [6.45, 7) is 17.3. The van der Waals surface area contributed by atoms with Crippen LogP contribution in [0.3, 0.4) is 0 Å². The largest absolute Gasteiger partial charge is 0.357 e. The average Bonchev–Trinajstić information content (AvgIpc) is 2.51. The molecule has 142 valence electrons. The Balaban J connectivity index is 4.20. The molecule has 6 nitrogen and oxygen atoms in total. The number of rotatable bonds is 12. The predicted molar refractivity (Wildman–Crippen MR) is 103 cm³/mol. The highest BCUT2D eigenvalue weighted by atomic mass is 16.1. The van der Waals surface area contributed by atoms with Gasteiger partial charge in [0.05, 0.1) is 6.54 Å². The summed E-state index contributed by atoms with van der Waals surface area (Å²) < 4.78 is 0. The van der Waals surface area contributed by atoms with Crippen LogP contribution in [-0.4, -0.2) is 61.6 Å². The molecule has 0 aromatic carbocycles. The second-order valence-corrected chi connectivity index (χ2v) is 6.45. The summed E-state index contributed by atoms with van der Waals surface area (Å²) in [5.74, 6) is 0.849. The number of nitrogens with one attached hydrogen (secondary N) is 3. The SMILES string of the molecule is CCNC(=NCCC(=O)NC(C)C)NC(C)CCCN(CC)CC. The van der Waals surface area contributed by atoms with Crippen molar-refractivity contribution in [2.24, 2.45) is 4.99 Å². The number of hydrogen-bond donors (Lipinski definition) is 3. The maximum absolute atomic E-state index is 11.7. The molecule has 0 bridgehead atoms. The first kappa shape index (κ1) is 22.7. The monoisotopic (exact) mass is 341 g/mol. The van der Waals surface area contributed by atoms with Crippen molar-refractivity contribution >= 4 is 11.9 Å². The first-order valence-corrected chi connectivity index (χ1v) is 9.49. The fraction of sp³-hybridized carbons (Fsp3) is 0.889. The van der Waals surface area contributed by atoms with E-state index in [1.807, 2.05) is 20.8 Å². The lowest BCUT2D eigenvalue weighted by Crippen LogP contribution is -2.42. The van der Waals surface area contributed by atoms with Gasteiger partial charge < -0.3 is 20.9 Å². The van der Waals surface area contributed by atoms with Crippen LogP contribution in [0.25, 0.3) is 0 Å². The number of guanidine groups is 1. The Kier molecular flexibility index (Phi) is 13.3. The zero-order valence-corrected chi connectivity index (χ0v) is 16.6. The Morgan fingerprint density at radius 3 is 2.29 bits per heavy atom. The van der Waals surface area contributed by atoms with Crippen LogP contribution < -0.4 is 16.0 Å². The lowest BCUT2D eigenvalue weighted by Gasteiger charge is -2.21. The van der Waals surface area contributed by atoms with Gasteiger partial charge in [-0.1, -0.05) is 13.8 Å². The van der Waals surface area contributed by atoms with E-state index >= 15 is 0 Å². The fourth-order valence-electron chi connectivity index (χ4n) is 2.45. The summed E-state index contributed by atoms with van der Waals surface area (Å²) in [6, 6.07) is 0.543. The summed E-state index contributed by atoms with van der Waals surface area (Å²) in [7, 11) is 0. The molecule has 0 aliphatic rings. The molecule has 0 aromatic heterocycles. The van der Waals surface area contributed by atoms with Gasteiger partial charge in [-0.05, 0) is 60.2 Å². The molecule has 0 heterocycles. The van der Waals surface area contributed by atoms with Crippen molar-refractivity contribution in [3.05, 3.63) is 0 Å². The van der Waals surface area contributed by atoms with Crippen LogP contribution in [0, 0.1) is 0 Å². The quantitative estimate of drug-likeness (QED) is 0.375. The normalized spacial score (nSPS) is 13.2. The first-order chi connectivity index (χ1) is 11.4. The Labute approximate surface area is 148 Å². The molecule has 24 heavy (non-hydrogen) atoms. The van der Waals surface area contributed by atoms with E-state index in [-0.39, 0.29) is 11.9 Å². The van der Waals surface area contributed by atoms with E-state index in [4.69, 9.17) is 0 Å². The van der Waals surface area contributed by atoms with Gasteiger partial charge in [0, 0.05) is 25.0 Å².